The first-order valence-corrected chi connectivity index (χ1v) is 28.0. The third kappa shape index (κ3) is 11.0. The van der Waals surface area contributed by atoms with Crippen LogP contribution in [0, 0.1) is 45.3 Å². The van der Waals surface area contributed by atoms with Crippen LogP contribution in [0.4, 0.5) is 0 Å². The fourth-order valence-electron chi connectivity index (χ4n) is 15.6. The minimum Gasteiger partial charge on any atom is -0.394 e. The van der Waals surface area contributed by atoms with Gasteiger partial charge in [0.15, 0.2) is 25.2 Å². The molecular formula is C54H92O24. The molecule has 8 rings (SSSR count). The predicted molar refractivity (Wildman–Crippen MR) is 268 cm³/mol. The lowest BCUT2D eigenvalue weighted by Gasteiger charge is -2.67. The molecule has 7 fully saturated rings. The summed E-state index contributed by atoms with van der Waals surface area (Å²) in [5.41, 5.74) is -2.07. The monoisotopic (exact) mass is 1120 g/mol. The Bertz CT molecular complexity index is 2020. The molecule has 0 bridgehead atoms. The summed E-state index contributed by atoms with van der Waals surface area (Å²) in [6, 6.07) is 0. The molecule has 4 aliphatic carbocycles. The molecule has 8 aliphatic rings. The van der Waals surface area contributed by atoms with E-state index in [4.69, 9.17) is 37.9 Å². The van der Waals surface area contributed by atoms with Gasteiger partial charge >= 0.3 is 0 Å². The molecule has 452 valence electrons. The second kappa shape index (κ2) is 23.7. The molecule has 3 saturated carbocycles. The van der Waals surface area contributed by atoms with Gasteiger partial charge in [-0.05, 0) is 99.7 Å². The van der Waals surface area contributed by atoms with Crippen molar-refractivity contribution in [3.05, 3.63) is 11.6 Å². The highest BCUT2D eigenvalue weighted by atomic mass is 16.8. The first kappa shape index (κ1) is 62.8. The topological polar surface area (TPSA) is 398 Å². The quantitative estimate of drug-likeness (QED) is 0.0637. The second-order valence-corrected chi connectivity index (χ2v) is 25.9. The van der Waals surface area contributed by atoms with Gasteiger partial charge in [-0.2, -0.15) is 0 Å². The molecule has 0 amide bonds. The Morgan fingerprint density at radius 3 is 1.63 bits per heavy atom. The zero-order valence-electron chi connectivity index (χ0n) is 46.1. The molecule has 0 spiro atoms. The van der Waals surface area contributed by atoms with E-state index in [-0.39, 0.29) is 40.9 Å². The molecule has 0 unspecified atom stereocenters. The molecule has 0 aromatic rings. The van der Waals surface area contributed by atoms with E-state index in [9.17, 15) is 81.7 Å². The van der Waals surface area contributed by atoms with Crippen LogP contribution >= 0.6 is 0 Å². The Balaban J connectivity index is 0.987. The molecule has 24 heteroatoms. The molecule has 0 radical (unpaired) electrons. The lowest BCUT2D eigenvalue weighted by molar-refractivity contribution is -0.380. The summed E-state index contributed by atoms with van der Waals surface area (Å²) in [7, 11) is 0. The molecule has 16 N–H and O–H groups in total. The van der Waals surface area contributed by atoms with Crippen LogP contribution in [0.2, 0.25) is 0 Å². The van der Waals surface area contributed by atoms with E-state index in [1.807, 2.05) is 0 Å². The van der Waals surface area contributed by atoms with E-state index in [2.05, 4.69) is 47.6 Å². The van der Waals surface area contributed by atoms with Gasteiger partial charge < -0.3 is 120 Å². The fourth-order valence-corrected chi connectivity index (χ4v) is 15.6. The van der Waals surface area contributed by atoms with E-state index in [0.29, 0.717) is 32.1 Å². The van der Waals surface area contributed by atoms with Gasteiger partial charge in [0.05, 0.1) is 50.3 Å². The van der Waals surface area contributed by atoms with Gasteiger partial charge in [-0.3, -0.25) is 0 Å². The normalized spacial score (nSPS) is 51.4. The van der Waals surface area contributed by atoms with Crippen molar-refractivity contribution < 1.29 is 120 Å². The molecule has 0 aromatic carbocycles. The lowest BCUT2D eigenvalue weighted by Crippen LogP contribution is -2.65. The highest BCUT2D eigenvalue weighted by molar-refractivity contribution is 5.32. The lowest BCUT2D eigenvalue weighted by atomic mass is 9.38. The summed E-state index contributed by atoms with van der Waals surface area (Å²) in [4.78, 5) is 0. The van der Waals surface area contributed by atoms with Gasteiger partial charge in [0, 0.05) is 10.8 Å². The third-order valence-corrected chi connectivity index (χ3v) is 20.8. The number of rotatable bonds is 17. The van der Waals surface area contributed by atoms with Crippen LogP contribution in [0.25, 0.3) is 0 Å². The van der Waals surface area contributed by atoms with Crippen LogP contribution < -0.4 is 0 Å². The van der Waals surface area contributed by atoms with Crippen LogP contribution in [0.15, 0.2) is 11.6 Å². The molecule has 0 aromatic heterocycles. The number of fused-ring (bicyclic) bond motifs is 5. The maximum absolute atomic E-state index is 12.7. The molecule has 78 heavy (non-hydrogen) atoms. The van der Waals surface area contributed by atoms with Crippen molar-refractivity contribution in [1.82, 2.24) is 0 Å². The van der Waals surface area contributed by atoms with Gasteiger partial charge in [0.2, 0.25) is 0 Å². The van der Waals surface area contributed by atoms with Crippen LogP contribution in [0.3, 0.4) is 0 Å². The van der Waals surface area contributed by atoms with Crippen LogP contribution in [-0.2, 0) is 37.9 Å². The highest BCUT2D eigenvalue weighted by Gasteiger charge is 2.70. The zero-order chi connectivity index (χ0) is 57.5. The molecule has 4 heterocycles. The number of aliphatic hydroxyl groups excluding tert-OH is 15. The zero-order valence-corrected chi connectivity index (χ0v) is 46.1. The van der Waals surface area contributed by atoms with Crippen molar-refractivity contribution in [2.24, 2.45) is 45.3 Å². The van der Waals surface area contributed by atoms with Crippen molar-refractivity contribution in [2.75, 3.05) is 26.4 Å². The summed E-state index contributed by atoms with van der Waals surface area (Å²) in [6.45, 7) is 13.5. The number of hydrogen-bond donors (Lipinski definition) is 16. The van der Waals surface area contributed by atoms with Gasteiger partial charge in [-0.15, -0.1) is 0 Å². The molecule has 30 atom stereocenters. The maximum atomic E-state index is 12.7. The van der Waals surface area contributed by atoms with Crippen molar-refractivity contribution in [3.8, 4) is 0 Å². The molecule has 4 saturated heterocycles. The summed E-state index contributed by atoms with van der Waals surface area (Å²) in [6.07, 6.45) is -27.6. The number of allylic oxidation sites excluding steroid dienone is 1. The third-order valence-electron chi connectivity index (χ3n) is 20.8. The summed E-state index contributed by atoms with van der Waals surface area (Å²) < 4.78 is 47.7. The van der Waals surface area contributed by atoms with Crippen LogP contribution in [-0.4, -0.2) is 255 Å². The fraction of sp³-hybridized carbons (Fsp3) is 0.963. The average molecular weight is 1130 g/mol. The Labute approximate surface area is 455 Å². The van der Waals surface area contributed by atoms with Crippen LogP contribution in [0.5, 0.6) is 0 Å². The minimum absolute atomic E-state index is 0.00555. The van der Waals surface area contributed by atoms with Gasteiger partial charge in [-0.1, -0.05) is 53.2 Å². The van der Waals surface area contributed by atoms with E-state index in [1.165, 1.54) is 13.8 Å². The standard InChI is InChI=1S/C54H92O24/c1-22(23-15-16-52(6)30-12-10-24-25(54(30,8)31(58)17-53(23,52)7)11-14-32(50(24,2)3)76-47-43(68)39(64)35(60)27(19-56)73-47)9-13-33(51(4,5)70)77-49-45(78-48-44(69)40(65)36(61)28(20-57)74-48)41(66)37(62)29(75-49)21-71-46-42(67)38(63)34(59)26(18-55)72-46/h10,22-23,25-49,55-70H,9,11-21H2,1-8H3/t22-,23-,25-,26-,27-,28-,29-,30-,31-,32+,33-,34-,35-,36-,37-,38+,39+,40+,41+,42-,43-,44-,45-,46-,47+,48+,49+,52+,53-,54+/m0/s1. The van der Waals surface area contributed by atoms with Crippen molar-refractivity contribution in [3.63, 3.8) is 0 Å². The smallest absolute Gasteiger partial charge is 0.187 e. The van der Waals surface area contributed by atoms with Crippen molar-refractivity contribution in [2.45, 2.75) is 253 Å². The van der Waals surface area contributed by atoms with Gasteiger partial charge in [-0.25, -0.2) is 0 Å². The van der Waals surface area contributed by atoms with Gasteiger partial charge in [0.1, 0.15) is 97.7 Å². The number of hydrogen-bond acceptors (Lipinski definition) is 24. The second-order valence-electron chi connectivity index (χ2n) is 25.9. The van der Waals surface area contributed by atoms with Crippen molar-refractivity contribution >= 4 is 0 Å². The summed E-state index contributed by atoms with van der Waals surface area (Å²) in [5, 5.41) is 172. The first-order valence-electron chi connectivity index (χ1n) is 28.0. The van der Waals surface area contributed by atoms with E-state index < -0.39 is 184 Å². The van der Waals surface area contributed by atoms with E-state index >= 15 is 0 Å². The molecule has 4 aliphatic heterocycles. The Hall–Kier alpha value is -1.22. The number of aliphatic hydroxyl groups is 16. The Kier molecular flexibility index (Phi) is 19.1. The SMILES string of the molecule is C[C@@H](CC[C@H](O[C@H]1O[C@@H](CO[C@H]2O[C@@H](CO)[C@H](O)[C@@H](O)[C@@H]2O)[C@H](O)[C@@H](O)[C@@H]1O[C@H]1O[C@@H](CO)[C@H](O)[C@@H](O)[C@@H]1O)C(C)(C)O)[C@@H]1CC[C@]2(C)[C@@H]3CC=C4[C@H](CC[C@@H](O[C@H]5O[C@@H](CO)[C@H](O)[C@@H](O)[C@@H]5O)C4(C)C)[C@@]3(C)[C@@H](O)C[C@@]12C. The average Bonchev–Trinajstić information content (AvgIpc) is 3.21. The van der Waals surface area contributed by atoms with E-state index in [0.717, 1.165) is 18.4 Å². The summed E-state index contributed by atoms with van der Waals surface area (Å²) >= 11 is 0. The molecule has 24 nitrogen and oxygen atoms in total. The molecular weight excluding hydrogens is 1030 g/mol. The first-order chi connectivity index (χ1) is 36.4. The highest BCUT2D eigenvalue weighted by Crippen LogP contribution is 2.75. The maximum Gasteiger partial charge on any atom is 0.187 e. The Morgan fingerprint density at radius 2 is 1.09 bits per heavy atom. The summed E-state index contributed by atoms with van der Waals surface area (Å²) in [5.74, 6) is 0.223. The van der Waals surface area contributed by atoms with Crippen molar-refractivity contribution in [1.29, 1.82) is 0 Å². The number of ether oxygens (including phenoxy) is 8. The predicted octanol–water partition coefficient (Wildman–Crippen LogP) is -3.23. The van der Waals surface area contributed by atoms with E-state index in [1.54, 1.807) is 0 Å². The van der Waals surface area contributed by atoms with Gasteiger partial charge in [0.25, 0.3) is 0 Å². The largest absolute Gasteiger partial charge is 0.394 e. The Morgan fingerprint density at radius 1 is 0.590 bits per heavy atom. The minimum atomic E-state index is -1.93. The van der Waals surface area contributed by atoms with Crippen LogP contribution in [0.1, 0.15) is 107 Å².